The molecule has 33 heavy (non-hydrogen) atoms. The van der Waals surface area contributed by atoms with Crippen LogP contribution in [0.2, 0.25) is 0 Å². The highest BCUT2D eigenvalue weighted by atomic mass is 16.5. The second-order valence-corrected chi connectivity index (χ2v) is 7.86. The van der Waals surface area contributed by atoms with Crippen LogP contribution in [0.15, 0.2) is 72.9 Å². The summed E-state index contributed by atoms with van der Waals surface area (Å²) in [6.45, 7) is 1.79. The molecule has 7 nitrogen and oxygen atoms in total. The van der Waals surface area contributed by atoms with E-state index in [-0.39, 0.29) is 12.6 Å². The minimum absolute atomic E-state index is 0.0507. The number of pyridine rings is 1. The molecule has 0 saturated carbocycles. The topological polar surface area (TPSA) is 72.0 Å². The second kappa shape index (κ2) is 10.6. The molecule has 1 fully saturated rings. The first-order valence-electron chi connectivity index (χ1n) is 11.1. The molecule has 2 amide bonds. The molecule has 2 heterocycles. The predicted octanol–water partition coefficient (Wildman–Crippen LogP) is 5.27. The van der Waals surface area contributed by atoms with E-state index in [4.69, 9.17) is 9.47 Å². The summed E-state index contributed by atoms with van der Waals surface area (Å²) in [6.07, 6.45) is 4.64. The number of esters is 1. The van der Waals surface area contributed by atoms with Gasteiger partial charge >= 0.3 is 12.0 Å². The molecule has 0 unspecified atom stereocenters. The molecule has 0 spiro atoms. The number of anilines is 1. The van der Waals surface area contributed by atoms with Crippen molar-refractivity contribution in [1.29, 1.82) is 0 Å². The molecule has 2 aromatic carbocycles. The highest BCUT2D eigenvalue weighted by molar-refractivity contribution is 5.92. The van der Waals surface area contributed by atoms with Gasteiger partial charge in [-0.05, 0) is 67.8 Å². The maximum atomic E-state index is 13.4. The quantitative estimate of drug-likeness (QED) is 0.483. The fraction of sp³-hybridized carbons (Fsp3) is 0.269. The number of hydrogen-bond acceptors (Lipinski definition) is 5. The summed E-state index contributed by atoms with van der Waals surface area (Å²) in [5.74, 6) is 1.00. The van der Waals surface area contributed by atoms with E-state index < -0.39 is 5.97 Å². The number of urea groups is 1. The van der Waals surface area contributed by atoms with Gasteiger partial charge in [-0.2, -0.15) is 0 Å². The zero-order chi connectivity index (χ0) is 23.0. The summed E-state index contributed by atoms with van der Waals surface area (Å²) in [6, 6.07) is 20.4. The lowest BCUT2D eigenvalue weighted by molar-refractivity contribution is 0.0600. The van der Waals surface area contributed by atoms with Crippen molar-refractivity contribution in [3.8, 4) is 11.5 Å². The van der Waals surface area contributed by atoms with Crippen LogP contribution in [0, 0.1) is 0 Å². The number of piperidine rings is 1. The molecule has 7 heteroatoms. The first kappa shape index (κ1) is 22.3. The van der Waals surface area contributed by atoms with Gasteiger partial charge in [0.2, 0.25) is 0 Å². The van der Waals surface area contributed by atoms with E-state index in [2.05, 4.69) is 4.98 Å². The third-order valence-electron chi connectivity index (χ3n) is 5.55. The molecule has 1 aromatic heterocycles. The molecular formula is C26H27N3O4. The molecule has 0 aliphatic carbocycles. The molecule has 0 atom stereocenters. The minimum Gasteiger partial charge on any atom is -0.465 e. The molecule has 4 rings (SSSR count). The van der Waals surface area contributed by atoms with Crippen LogP contribution in [-0.4, -0.2) is 42.1 Å². The van der Waals surface area contributed by atoms with E-state index in [1.54, 1.807) is 17.0 Å². The van der Waals surface area contributed by atoms with Crippen molar-refractivity contribution in [3.63, 3.8) is 0 Å². The van der Waals surface area contributed by atoms with Crippen LogP contribution in [-0.2, 0) is 11.3 Å². The summed E-state index contributed by atoms with van der Waals surface area (Å²) in [4.78, 5) is 33.1. The standard InChI is InChI=1S/C26H27N3O4/c1-32-25(30)20-10-11-21(27-18-20)19-29(26(31)28-16-6-3-7-17-28)22-12-14-24(15-13-22)33-23-8-4-2-5-9-23/h2,4-5,8-15,18H,3,6-7,16-17,19H2,1H3. The fourth-order valence-corrected chi connectivity index (χ4v) is 3.76. The molecule has 0 radical (unpaired) electrons. The van der Waals surface area contributed by atoms with Gasteiger partial charge in [0.05, 0.1) is 24.9 Å². The van der Waals surface area contributed by atoms with Crippen molar-refractivity contribution >= 4 is 17.7 Å². The van der Waals surface area contributed by atoms with Crippen LogP contribution >= 0.6 is 0 Å². The third kappa shape index (κ3) is 5.68. The molecule has 170 valence electrons. The number of ether oxygens (including phenoxy) is 2. The number of likely N-dealkylation sites (tertiary alicyclic amines) is 1. The van der Waals surface area contributed by atoms with E-state index in [9.17, 15) is 9.59 Å². The number of carbonyl (C=O) groups is 2. The number of aromatic nitrogens is 1. The van der Waals surface area contributed by atoms with Gasteiger partial charge in [0.25, 0.3) is 0 Å². The molecule has 1 aliphatic heterocycles. The maximum Gasteiger partial charge on any atom is 0.339 e. The number of benzene rings is 2. The number of methoxy groups -OCH3 is 1. The van der Waals surface area contributed by atoms with Gasteiger partial charge in [-0.15, -0.1) is 0 Å². The molecule has 1 aliphatic rings. The zero-order valence-electron chi connectivity index (χ0n) is 18.6. The number of para-hydroxylation sites is 1. The van der Waals surface area contributed by atoms with Gasteiger partial charge in [-0.3, -0.25) is 9.88 Å². The SMILES string of the molecule is COC(=O)c1ccc(CN(C(=O)N2CCCCC2)c2ccc(Oc3ccccc3)cc2)nc1. The lowest BCUT2D eigenvalue weighted by atomic mass is 10.1. The van der Waals surface area contributed by atoms with Gasteiger partial charge in [0.1, 0.15) is 11.5 Å². The van der Waals surface area contributed by atoms with Crippen molar-refractivity contribution in [1.82, 2.24) is 9.88 Å². The first-order valence-corrected chi connectivity index (χ1v) is 11.1. The monoisotopic (exact) mass is 445 g/mol. The molecule has 0 N–H and O–H groups in total. The Morgan fingerprint density at radius 2 is 1.61 bits per heavy atom. The Morgan fingerprint density at radius 1 is 0.909 bits per heavy atom. The van der Waals surface area contributed by atoms with Crippen molar-refractivity contribution in [2.45, 2.75) is 25.8 Å². The van der Waals surface area contributed by atoms with Crippen LogP contribution < -0.4 is 9.64 Å². The van der Waals surface area contributed by atoms with Gasteiger partial charge in [-0.1, -0.05) is 18.2 Å². The summed E-state index contributed by atoms with van der Waals surface area (Å²) in [5, 5.41) is 0. The first-order chi connectivity index (χ1) is 16.1. The van der Waals surface area contributed by atoms with E-state index in [1.807, 2.05) is 59.5 Å². The van der Waals surface area contributed by atoms with Gasteiger partial charge in [-0.25, -0.2) is 9.59 Å². The van der Waals surface area contributed by atoms with Crippen molar-refractivity contribution in [2.75, 3.05) is 25.1 Å². The highest BCUT2D eigenvalue weighted by Gasteiger charge is 2.24. The minimum atomic E-state index is -0.440. The Morgan fingerprint density at radius 3 is 2.24 bits per heavy atom. The summed E-state index contributed by atoms with van der Waals surface area (Å²) >= 11 is 0. The predicted molar refractivity (Wildman–Crippen MR) is 126 cm³/mol. The normalized spacial score (nSPS) is 13.3. The highest BCUT2D eigenvalue weighted by Crippen LogP contribution is 2.26. The van der Waals surface area contributed by atoms with Crippen LogP contribution in [0.5, 0.6) is 11.5 Å². The lowest BCUT2D eigenvalue weighted by Crippen LogP contribution is -2.45. The second-order valence-electron chi connectivity index (χ2n) is 7.86. The van der Waals surface area contributed by atoms with Gasteiger partial charge in [0, 0.05) is 25.0 Å². The fourth-order valence-electron chi connectivity index (χ4n) is 3.76. The van der Waals surface area contributed by atoms with Crippen molar-refractivity contribution in [3.05, 3.63) is 84.2 Å². The largest absolute Gasteiger partial charge is 0.465 e. The van der Waals surface area contributed by atoms with Crippen LogP contribution in [0.1, 0.15) is 35.3 Å². The van der Waals surface area contributed by atoms with E-state index in [0.29, 0.717) is 17.0 Å². The van der Waals surface area contributed by atoms with E-state index in [0.717, 1.165) is 43.8 Å². The Kier molecular flexibility index (Phi) is 7.19. The summed E-state index contributed by atoms with van der Waals surface area (Å²) in [7, 11) is 1.33. The maximum absolute atomic E-state index is 13.4. The Balaban J connectivity index is 1.55. The van der Waals surface area contributed by atoms with Gasteiger partial charge < -0.3 is 14.4 Å². The third-order valence-corrected chi connectivity index (χ3v) is 5.55. The van der Waals surface area contributed by atoms with E-state index in [1.165, 1.54) is 13.3 Å². The summed E-state index contributed by atoms with van der Waals surface area (Å²) in [5.41, 5.74) is 1.81. The number of amides is 2. The Hall–Kier alpha value is -3.87. The number of nitrogens with zero attached hydrogens (tertiary/aromatic N) is 3. The molecular weight excluding hydrogens is 418 g/mol. The van der Waals surface area contributed by atoms with Crippen molar-refractivity contribution < 1.29 is 19.1 Å². The number of hydrogen-bond donors (Lipinski definition) is 0. The summed E-state index contributed by atoms with van der Waals surface area (Å²) < 4.78 is 10.6. The smallest absolute Gasteiger partial charge is 0.339 e. The number of carbonyl (C=O) groups excluding carboxylic acids is 2. The number of rotatable bonds is 6. The van der Waals surface area contributed by atoms with Crippen LogP contribution in [0.4, 0.5) is 10.5 Å². The molecule has 1 saturated heterocycles. The average Bonchev–Trinajstić information content (AvgIpc) is 2.88. The van der Waals surface area contributed by atoms with Crippen LogP contribution in [0.25, 0.3) is 0 Å². The average molecular weight is 446 g/mol. The van der Waals surface area contributed by atoms with Crippen LogP contribution in [0.3, 0.4) is 0 Å². The lowest BCUT2D eigenvalue weighted by Gasteiger charge is -2.33. The van der Waals surface area contributed by atoms with Gasteiger partial charge in [0.15, 0.2) is 0 Å². The molecule has 0 bridgehead atoms. The molecule has 3 aromatic rings. The van der Waals surface area contributed by atoms with E-state index >= 15 is 0 Å². The Bertz CT molecular complexity index is 1060. The Labute approximate surface area is 193 Å². The van der Waals surface area contributed by atoms with Crippen molar-refractivity contribution in [2.24, 2.45) is 0 Å². The zero-order valence-corrected chi connectivity index (χ0v) is 18.6.